The second kappa shape index (κ2) is 4.57. The van der Waals surface area contributed by atoms with Gasteiger partial charge in [0.05, 0.1) is 6.33 Å². The molecule has 4 heteroatoms. The predicted octanol–water partition coefficient (Wildman–Crippen LogP) is 0.736. The number of rotatable bonds is 3. The first-order valence-electron chi connectivity index (χ1n) is 5.20. The molecule has 1 aliphatic rings. The van der Waals surface area contributed by atoms with E-state index in [1.807, 2.05) is 12.5 Å². The van der Waals surface area contributed by atoms with Crippen LogP contribution in [0.15, 0.2) is 12.5 Å². The summed E-state index contributed by atoms with van der Waals surface area (Å²) in [5, 5.41) is 0. The van der Waals surface area contributed by atoms with Gasteiger partial charge < -0.3 is 15.0 Å². The lowest BCUT2D eigenvalue weighted by molar-refractivity contribution is 0.0689. The molecule has 0 saturated carbocycles. The molecule has 0 atom stereocenters. The highest BCUT2D eigenvalue weighted by Gasteiger charge is 2.17. The van der Waals surface area contributed by atoms with E-state index >= 15 is 0 Å². The Morgan fingerprint density at radius 2 is 2.29 bits per heavy atom. The zero-order chi connectivity index (χ0) is 9.80. The summed E-state index contributed by atoms with van der Waals surface area (Å²) in [6.45, 7) is 2.42. The summed E-state index contributed by atoms with van der Waals surface area (Å²) in [6, 6.07) is 0.563. The standard InChI is InChI=1S/C10H17N3O/c11-4-1-10-7-12-8-13(10)9-2-5-14-6-3-9/h7-9H,1-6,11H2. The van der Waals surface area contributed by atoms with Gasteiger partial charge in [0.2, 0.25) is 0 Å². The van der Waals surface area contributed by atoms with E-state index in [1.165, 1.54) is 5.69 Å². The molecule has 1 fully saturated rings. The molecule has 78 valence electrons. The summed E-state index contributed by atoms with van der Waals surface area (Å²) in [4.78, 5) is 4.18. The fraction of sp³-hybridized carbons (Fsp3) is 0.700. The Bertz CT molecular complexity index is 279. The van der Waals surface area contributed by atoms with Crippen molar-refractivity contribution in [3.63, 3.8) is 0 Å². The quantitative estimate of drug-likeness (QED) is 0.773. The lowest BCUT2D eigenvalue weighted by Crippen LogP contribution is -2.21. The van der Waals surface area contributed by atoms with Crippen molar-refractivity contribution in [1.82, 2.24) is 9.55 Å². The molecule has 0 aromatic carbocycles. The third-order valence-corrected chi connectivity index (χ3v) is 2.73. The molecule has 14 heavy (non-hydrogen) atoms. The van der Waals surface area contributed by atoms with Gasteiger partial charge >= 0.3 is 0 Å². The molecule has 1 aromatic rings. The maximum absolute atomic E-state index is 5.55. The van der Waals surface area contributed by atoms with Crippen LogP contribution in [0.5, 0.6) is 0 Å². The second-order valence-electron chi connectivity index (χ2n) is 3.67. The van der Waals surface area contributed by atoms with Gasteiger partial charge in [-0.3, -0.25) is 0 Å². The summed E-state index contributed by atoms with van der Waals surface area (Å²) in [6.07, 6.45) is 6.93. The zero-order valence-electron chi connectivity index (χ0n) is 8.35. The van der Waals surface area contributed by atoms with Crippen LogP contribution in [-0.2, 0) is 11.2 Å². The zero-order valence-corrected chi connectivity index (χ0v) is 8.35. The highest BCUT2D eigenvalue weighted by molar-refractivity contribution is 5.01. The number of imidazole rings is 1. The van der Waals surface area contributed by atoms with Crippen LogP contribution in [0.2, 0.25) is 0 Å². The maximum Gasteiger partial charge on any atom is 0.0950 e. The van der Waals surface area contributed by atoms with Crippen LogP contribution in [0.4, 0.5) is 0 Å². The maximum atomic E-state index is 5.55. The van der Waals surface area contributed by atoms with Crippen LogP contribution >= 0.6 is 0 Å². The first-order valence-corrected chi connectivity index (χ1v) is 5.20. The average molecular weight is 195 g/mol. The molecule has 1 aliphatic heterocycles. The van der Waals surface area contributed by atoms with Crippen molar-refractivity contribution in [2.75, 3.05) is 19.8 Å². The Balaban J connectivity index is 2.09. The second-order valence-corrected chi connectivity index (χ2v) is 3.67. The van der Waals surface area contributed by atoms with Crippen molar-refractivity contribution >= 4 is 0 Å². The molecular weight excluding hydrogens is 178 g/mol. The summed E-state index contributed by atoms with van der Waals surface area (Å²) in [5.74, 6) is 0. The first kappa shape index (κ1) is 9.68. The normalized spacial score (nSPS) is 18.6. The Kier molecular flexibility index (Phi) is 3.16. The molecule has 0 amide bonds. The molecule has 0 bridgehead atoms. The van der Waals surface area contributed by atoms with Crippen LogP contribution in [0.1, 0.15) is 24.6 Å². The fourth-order valence-electron chi connectivity index (χ4n) is 1.97. The third kappa shape index (κ3) is 1.96. The van der Waals surface area contributed by atoms with Crippen molar-refractivity contribution < 1.29 is 4.74 Å². The molecule has 2 heterocycles. The van der Waals surface area contributed by atoms with E-state index < -0.39 is 0 Å². The van der Waals surface area contributed by atoms with Crippen molar-refractivity contribution in [2.45, 2.75) is 25.3 Å². The van der Waals surface area contributed by atoms with E-state index in [2.05, 4.69) is 9.55 Å². The van der Waals surface area contributed by atoms with Gasteiger partial charge in [0, 0.05) is 37.6 Å². The number of ether oxygens (including phenoxy) is 1. The van der Waals surface area contributed by atoms with Crippen LogP contribution in [-0.4, -0.2) is 29.3 Å². The number of aromatic nitrogens is 2. The van der Waals surface area contributed by atoms with Gasteiger partial charge in [0.25, 0.3) is 0 Å². The molecule has 0 aliphatic carbocycles. The monoisotopic (exact) mass is 195 g/mol. The Labute approximate surface area is 84.1 Å². The molecular formula is C10H17N3O. The average Bonchev–Trinajstić information content (AvgIpc) is 2.68. The van der Waals surface area contributed by atoms with Crippen LogP contribution in [0.25, 0.3) is 0 Å². The van der Waals surface area contributed by atoms with E-state index in [-0.39, 0.29) is 0 Å². The largest absolute Gasteiger partial charge is 0.381 e. The highest BCUT2D eigenvalue weighted by Crippen LogP contribution is 2.22. The third-order valence-electron chi connectivity index (χ3n) is 2.73. The first-order chi connectivity index (χ1) is 6.92. The summed E-state index contributed by atoms with van der Waals surface area (Å²) in [5.41, 5.74) is 6.80. The lowest BCUT2D eigenvalue weighted by Gasteiger charge is -2.24. The van der Waals surface area contributed by atoms with E-state index in [0.29, 0.717) is 12.6 Å². The Morgan fingerprint density at radius 3 is 3.00 bits per heavy atom. The molecule has 2 rings (SSSR count). The van der Waals surface area contributed by atoms with Crippen LogP contribution < -0.4 is 5.73 Å². The number of hydrogen-bond acceptors (Lipinski definition) is 3. The number of hydrogen-bond donors (Lipinski definition) is 1. The lowest BCUT2D eigenvalue weighted by atomic mass is 10.1. The summed E-state index contributed by atoms with van der Waals surface area (Å²) < 4.78 is 7.60. The molecule has 0 radical (unpaired) electrons. The number of nitrogens with two attached hydrogens (primary N) is 1. The van der Waals surface area contributed by atoms with Gasteiger partial charge in [-0.25, -0.2) is 4.98 Å². The van der Waals surface area contributed by atoms with Crippen molar-refractivity contribution in [2.24, 2.45) is 5.73 Å². The predicted molar refractivity (Wildman–Crippen MR) is 54.1 cm³/mol. The summed E-state index contributed by atoms with van der Waals surface area (Å²) in [7, 11) is 0. The number of nitrogens with zero attached hydrogens (tertiary/aromatic N) is 2. The fourth-order valence-corrected chi connectivity index (χ4v) is 1.97. The molecule has 2 N–H and O–H groups in total. The molecule has 4 nitrogen and oxygen atoms in total. The van der Waals surface area contributed by atoms with E-state index in [9.17, 15) is 0 Å². The summed E-state index contributed by atoms with van der Waals surface area (Å²) >= 11 is 0. The highest BCUT2D eigenvalue weighted by atomic mass is 16.5. The minimum atomic E-state index is 0.563. The van der Waals surface area contributed by atoms with E-state index in [1.54, 1.807) is 0 Å². The van der Waals surface area contributed by atoms with Gasteiger partial charge in [-0.15, -0.1) is 0 Å². The van der Waals surface area contributed by atoms with Gasteiger partial charge in [-0.1, -0.05) is 0 Å². The van der Waals surface area contributed by atoms with Gasteiger partial charge in [-0.2, -0.15) is 0 Å². The van der Waals surface area contributed by atoms with Gasteiger partial charge in [0.15, 0.2) is 0 Å². The van der Waals surface area contributed by atoms with E-state index in [4.69, 9.17) is 10.5 Å². The Morgan fingerprint density at radius 1 is 1.50 bits per heavy atom. The van der Waals surface area contributed by atoms with Gasteiger partial charge in [0.1, 0.15) is 0 Å². The topological polar surface area (TPSA) is 53.1 Å². The SMILES string of the molecule is NCCc1cncn1C1CCOCC1. The van der Waals surface area contributed by atoms with Crippen molar-refractivity contribution in [1.29, 1.82) is 0 Å². The minimum absolute atomic E-state index is 0.563. The molecule has 1 saturated heterocycles. The molecule has 1 aromatic heterocycles. The molecule has 0 unspecified atom stereocenters. The minimum Gasteiger partial charge on any atom is -0.381 e. The van der Waals surface area contributed by atoms with E-state index in [0.717, 1.165) is 32.5 Å². The van der Waals surface area contributed by atoms with Crippen LogP contribution in [0.3, 0.4) is 0 Å². The smallest absolute Gasteiger partial charge is 0.0950 e. The Hall–Kier alpha value is -0.870. The molecule has 0 spiro atoms. The van der Waals surface area contributed by atoms with Crippen molar-refractivity contribution in [3.8, 4) is 0 Å². The van der Waals surface area contributed by atoms with Crippen LogP contribution in [0, 0.1) is 0 Å². The van der Waals surface area contributed by atoms with Crippen molar-refractivity contribution in [3.05, 3.63) is 18.2 Å². The van der Waals surface area contributed by atoms with Gasteiger partial charge in [-0.05, 0) is 19.4 Å².